The highest BCUT2D eigenvalue weighted by molar-refractivity contribution is 6.30. The summed E-state index contributed by atoms with van der Waals surface area (Å²) in [6.07, 6.45) is -0.747. The molecule has 0 fully saturated rings. The number of likely N-dealkylation sites (N-methyl/N-ethyl adjacent to an activating group) is 1. The van der Waals surface area contributed by atoms with Crippen molar-refractivity contribution in [3.63, 3.8) is 0 Å². The minimum absolute atomic E-state index is 0.160. The first-order valence-corrected chi connectivity index (χ1v) is 8.05. The Balaban J connectivity index is 2.32. The molecule has 6 heteroatoms. The van der Waals surface area contributed by atoms with Gasteiger partial charge >= 0.3 is 6.03 Å². The highest BCUT2D eigenvalue weighted by Gasteiger charge is 2.12. The fraction of sp³-hybridized carbons (Fsp3) is 0.562. The van der Waals surface area contributed by atoms with Crippen LogP contribution >= 0.6 is 11.6 Å². The Morgan fingerprint density at radius 1 is 1.18 bits per heavy atom. The second-order valence-corrected chi connectivity index (χ2v) is 5.66. The van der Waals surface area contributed by atoms with E-state index in [1.807, 2.05) is 0 Å². The van der Waals surface area contributed by atoms with Gasteiger partial charge in [-0.3, -0.25) is 4.90 Å². The van der Waals surface area contributed by atoms with Gasteiger partial charge in [-0.05, 0) is 37.7 Å². The van der Waals surface area contributed by atoms with Crippen molar-refractivity contribution in [2.24, 2.45) is 0 Å². The van der Waals surface area contributed by atoms with Crippen molar-refractivity contribution in [1.82, 2.24) is 15.5 Å². The number of aliphatic hydroxyl groups excluding tert-OH is 1. The molecule has 0 radical (unpaired) electrons. The molecule has 5 nitrogen and oxygen atoms in total. The van der Waals surface area contributed by atoms with Crippen molar-refractivity contribution in [2.45, 2.75) is 32.9 Å². The first kappa shape index (κ1) is 18.7. The highest BCUT2D eigenvalue weighted by atomic mass is 35.5. The summed E-state index contributed by atoms with van der Waals surface area (Å²) in [7, 11) is 0. The lowest BCUT2D eigenvalue weighted by molar-refractivity contribution is 0.171. The number of carbonyl (C=O) groups is 1. The zero-order valence-electron chi connectivity index (χ0n) is 13.5. The van der Waals surface area contributed by atoms with Crippen molar-refractivity contribution < 1.29 is 9.90 Å². The van der Waals surface area contributed by atoms with E-state index in [1.54, 1.807) is 24.3 Å². The maximum atomic E-state index is 11.8. The number of nitrogens with one attached hydrogen (secondary N) is 2. The molecule has 0 aliphatic carbocycles. The maximum Gasteiger partial charge on any atom is 0.314 e. The molecule has 2 unspecified atom stereocenters. The molecule has 124 valence electrons. The van der Waals surface area contributed by atoms with Crippen LogP contribution in [0, 0.1) is 0 Å². The third kappa shape index (κ3) is 6.22. The largest absolute Gasteiger partial charge is 0.387 e. The molecule has 0 heterocycles. The molecule has 1 aromatic carbocycles. The molecule has 1 aromatic rings. The zero-order chi connectivity index (χ0) is 16.5. The van der Waals surface area contributed by atoms with Gasteiger partial charge < -0.3 is 15.7 Å². The molecule has 0 saturated carbocycles. The lowest BCUT2D eigenvalue weighted by atomic mass is 10.1. The first-order valence-electron chi connectivity index (χ1n) is 7.67. The average molecular weight is 328 g/mol. The molecule has 0 aliphatic heterocycles. The van der Waals surface area contributed by atoms with Crippen LogP contribution in [0.15, 0.2) is 24.3 Å². The van der Waals surface area contributed by atoms with Crippen molar-refractivity contribution in [3.8, 4) is 0 Å². The quantitative estimate of drug-likeness (QED) is 0.687. The summed E-state index contributed by atoms with van der Waals surface area (Å²) < 4.78 is 0. The van der Waals surface area contributed by atoms with E-state index in [9.17, 15) is 9.90 Å². The zero-order valence-corrected chi connectivity index (χ0v) is 14.2. The van der Waals surface area contributed by atoms with Gasteiger partial charge in [-0.2, -0.15) is 0 Å². The Kier molecular flexibility index (Phi) is 8.24. The van der Waals surface area contributed by atoms with Crippen LogP contribution in [0.4, 0.5) is 4.79 Å². The van der Waals surface area contributed by atoms with Gasteiger partial charge in [-0.15, -0.1) is 0 Å². The van der Waals surface area contributed by atoms with Crippen LogP contribution in [0.3, 0.4) is 0 Å². The van der Waals surface area contributed by atoms with Crippen LogP contribution in [0.25, 0.3) is 0 Å². The molecule has 1 rings (SSSR count). The fourth-order valence-electron chi connectivity index (χ4n) is 2.27. The van der Waals surface area contributed by atoms with Crippen LogP contribution in [-0.4, -0.2) is 48.3 Å². The van der Waals surface area contributed by atoms with E-state index in [0.717, 1.165) is 18.7 Å². The molecule has 0 spiro atoms. The molecular weight excluding hydrogens is 302 g/mol. The summed E-state index contributed by atoms with van der Waals surface area (Å²) >= 11 is 5.80. The van der Waals surface area contributed by atoms with Crippen LogP contribution in [-0.2, 0) is 0 Å². The predicted octanol–water partition coefficient (Wildman–Crippen LogP) is 2.40. The van der Waals surface area contributed by atoms with Crippen LogP contribution in [0.5, 0.6) is 0 Å². The van der Waals surface area contributed by atoms with E-state index in [0.29, 0.717) is 11.6 Å². The lowest BCUT2D eigenvalue weighted by Gasteiger charge is -2.26. The minimum atomic E-state index is -0.747. The number of nitrogens with zero attached hydrogens (tertiary/aromatic N) is 1. The molecule has 0 aliphatic rings. The number of benzene rings is 1. The summed E-state index contributed by atoms with van der Waals surface area (Å²) in [5.74, 6) is 0. The third-order valence-corrected chi connectivity index (χ3v) is 3.96. The molecule has 0 bridgehead atoms. The smallest absolute Gasteiger partial charge is 0.314 e. The number of rotatable bonds is 8. The van der Waals surface area contributed by atoms with E-state index < -0.39 is 6.10 Å². The Morgan fingerprint density at radius 3 is 2.27 bits per heavy atom. The number of aliphatic hydroxyl groups is 1. The lowest BCUT2D eigenvalue weighted by Crippen LogP contribution is -2.45. The summed E-state index contributed by atoms with van der Waals surface area (Å²) in [5, 5.41) is 16.1. The van der Waals surface area contributed by atoms with E-state index in [-0.39, 0.29) is 18.6 Å². The predicted molar refractivity (Wildman–Crippen MR) is 90.2 cm³/mol. The summed E-state index contributed by atoms with van der Waals surface area (Å²) in [6, 6.07) is 6.93. The van der Waals surface area contributed by atoms with Gasteiger partial charge in [0.2, 0.25) is 0 Å². The third-order valence-electron chi connectivity index (χ3n) is 3.70. The number of hydrogen-bond acceptors (Lipinski definition) is 3. The monoisotopic (exact) mass is 327 g/mol. The molecule has 0 aromatic heterocycles. The average Bonchev–Trinajstić information content (AvgIpc) is 2.52. The van der Waals surface area contributed by atoms with Gasteiger partial charge in [-0.25, -0.2) is 4.79 Å². The Bertz CT molecular complexity index is 449. The molecular formula is C16H26ClN3O2. The van der Waals surface area contributed by atoms with Gasteiger partial charge in [0.15, 0.2) is 0 Å². The molecule has 2 atom stereocenters. The Morgan fingerprint density at radius 2 is 1.73 bits per heavy atom. The fourth-order valence-corrected chi connectivity index (χ4v) is 2.40. The van der Waals surface area contributed by atoms with E-state index in [4.69, 9.17) is 11.6 Å². The minimum Gasteiger partial charge on any atom is -0.387 e. The van der Waals surface area contributed by atoms with Gasteiger partial charge in [0.1, 0.15) is 0 Å². The molecule has 2 amide bonds. The van der Waals surface area contributed by atoms with Crippen LogP contribution in [0.2, 0.25) is 5.02 Å². The second kappa shape index (κ2) is 9.66. The highest BCUT2D eigenvalue weighted by Crippen LogP contribution is 2.15. The van der Waals surface area contributed by atoms with E-state index >= 15 is 0 Å². The Hall–Kier alpha value is -1.30. The van der Waals surface area contributed by atoms with Crippen molar-refractivity contribution >= 4 is 17.6 Å². The number of halogens is 1. The normalized spacial score (nSPS) is 13.7. The van der Waals surface area contributed by atoms with Crippen LogP contribution < -0.4 is 10.6 Å². The molecule has 22 heavy (non-hydrogen) atoms. The first-order chi connectivity index (χ1) is 10.5. The standard InChI is InChI=1S/C16H26ClN3O2/c1-4-20(5-2)12(3)10-18-16(22)19-11-15(21)13-6-8-14(17)9-7-13/h6-9,12,15,21H,4-5,10-11H2,1-3H3,(H2,18,19,22). The van der Waals surface area contributed by atoms with Gasteiger partial charge in [0.25, 0.3) is 0 Å². The maximum absolute atomic E-state index is 11.8. The van der Waals surface area contributed by atoms with Gasteiger partial charge in [0.05, 0.1) is 6.10 Å². The van der Waals surface area contributed by atoms with E-state index in [1.165, 1.54) is 0 Å². The summed E-state index contributed by atoms with van der Waals surface area (Å²) in [4.78, 5) is 14.0. The van der Waals surface area contributed by atoms with Gasteiger partial charge in [0, 0.05) is 24.2 Å². The van der Waals surface area contributed by atoms with Gasteiger partial charge in [-0.1, -0.05) is 37.6 Å². The van der Waals surface area contributed by atoms with E-state index in [2.05, 4.69) is 36.3 Å². The summed E-state index contributed by atoms with van der Waals surface area (Å²) in [5.41, 5.74) is 0.723. The number of urea groups is 1. The number of amides is 2. The second-order valence-electron chi connectivity index (χ2n) is 5.23. The Labute approximate surface area is 137 Å². The number of hydrogen-bond donors (Lipinski definition) is 3. The number of carbonyl (C=O) groups excluding carboxylic acids is 1. The van der Waals surface area contributed by atoms with Crippen molar-refractivity contribution in [2.75, 3.05) is 26.2 Å². The van der Waals surface area contributed by atoms with Crippen LogP contribution in [0.1, 0.15) is 32.4 Å². The molecule has 3 N–H and O–H groups in total. The van der Waals surface area contributed by atoms with Crippen molar-refractivity contribution in [3.05, 3.63) is 34.9 Å². The van der Waals surface area contributed by atoms with Crippen molar-refractivity contribution in [1.29, 1.82) is 0 Å². The topological polar surface area (TPSA) is 64.6 Å². The summed E-state index contributed by atoms with van der Waals surface area (Å²) in [6.45, 7) is 8.92. The molecule has 0 saturated heterocycles. The SMILES string of the molecule is CCN(CC)C(C)CNC(=O)NCC(O)c1ccc(Cl)cc1.